The van der Waals surface area contributed by atoms with Crippen LogP contribution >= 0.6 is 0 Å². The van der Waals surface area contributed by atoms with E-state index in [-0.39, 0.29) is 24.5 Å². The molecular formula is C33H24N4O4. The molecule has 0 saturated carbocycles. The first-order valence-electron chi connectivity index (χ1n) is 11.5. The summed E-state index contributed by atoms with van der Waals surface area (Å²) in [6.45, 7) is 3.04. The van der Waals surface area contributed by atoms with E-state index in [1.807, 2.05) is 30.3 Å². The van der Waals surface area contributed by atoms with Crippen LogP contribution in [-0.2, 0) is 20.9 Å². The van der Waals surface area contributed by atoms with E-state index >= 15 is 0 Å². The summed E-state index contributed by atoms with van der Waals surface area (Å²) >= 11 is 0. The van der Waals surface area contributed by atoms with E-state index in [0.717, 1.165) is 5.56 Å². The molecule has 3 amide bonds. The lowest BCUT2D eigenvalue weighted by Crippen LogP contribution is -2.61. The number of hydrogen-bond donors (Lipinski definition) is 4. The van der Waals surface area contributed by atoms with Crippen LogP contribution in [0.4, 0.5) is 4.79 Å². The number of carbonyl (C=O) groups excluding carboxylic acids is 3. The highest BCUT2D eigenvalue weighted by Gasteiger charge is 2.29. The fourth-order valence-electron chi connectivity index (χ4n) is 2.00. The van der Waals surface area contributed by atoms with E-state index in [0.29, 0.717) is 13.1 Å². The zero-order chi connectivity index (χ0) is 30.6. The average molecular weight is 541 g/mol. The third-order valence-electron chi connectivity index (χ3n) is 4.04. The summed E-state index contributed by atoms with van der Waals surface area (Å²) in [7, 11) is 0. The number of benzene rings is 1. The molecule has 8 heteroatoms. The van der Waals surface area contributed by atoms with Gasteiger partial charge in [0, 0.05) is 13.1 Å². The molecule has 2 aliphatic rings. The summed E-state index contributed by atoms with van der Waals surface area (Å²) < 4.78 is 4.95. The SMILES string of the molecule is C#CC#CC#CC#CC.C#CC#CC#CC#CC#C.N[C@H]1CNC1=O.O=C(N[C@H]1CNC1=O)OCc1ccccc1. The monoisotopic (exact) mass is 540 g/mol. The molecule has 2 heterocycles. The Balaban J connectivity index is 0.000000557. The van der Waals surface area contributed by atoms with Crippen molar-refractivity contribution in [2.75, 3.05) is 13.1 Å². The number of rotatable bonds is 3. The molecule has 5 N–H and O–H groups in total. The minimum atomic E-state index is -0.566. The second-order valence-electron chi connectivity index (χ2n) is 6.91. The maximum absolute atomic E-state index is 11.3. The first-order chi connectivity index (χ1) is 19.9. The Labute approximate surface area is 241 Å². The van der Waals surface area contributed by atoms with Crippen molar-refractivity contribution in [2.24, 2.45) is 5.73 Å². The lowest BCUT2D eigenvalue weighted by Gasteiger charge is -2.26. The van der Waals surface area contributed by atoms with E-state index in [1.54, 1.807) is 6.92 Å². The molecule has 200 valence electrons. The lowest BCUT2D eigenvalue weighted by atomic mass is 10.2. The van der Waals surface area contributed by atoms with E-state index in [4.69, 9.17) is 29.7 Å². The van der Waals surface area contributed by atoms with Gasteiger partial charge >= 0.3 is 6.09 Å². The molecule has 0 unspecified atom stereocenters. The number of ether oxygens (including phenoxy) is 1. The number of amides is 3. The van der Waals surface area contributed by atoms with Gasteiger partial charge in [-0.1, -0.05) is 36.3 Å². The van der Waals surface area contributed by atoms with Gasteiger partial charge in [0.05, 0.1) is 0 Å². The predicted molar refractivity (Wildman–Crippen MR) is 156 cm³/mol. The Bertz CT molecular complexity index is 1530. The maximum atomic E-state index is 11.3. The van der Waals surface area contributed by atoms with E-state index < -0.39 is 12.1 Å². The zero-order valence-corrected chi connectivity index (χ0v) is 22.1. The highest BCUT2D eigenvalue weighted by Crippen LogP contribution is 2.01. The van der Waals surface area contributed by atoms with Crippen molar-refractivity contribution in [1.82, 2.24) is 16.0 Å². The minimum Gasteiger partial charge on any atom is -0.445 e. The number of nitrogens with two attached hydrogens (primary N) is 1. The van der Waals surface area contributed by atoms with Crippen LogP contribution in [0.5, 0.6) is 0 Å². The molecule has 41 heavy (non-hydrogen) atoms. The van der Waals surface area contributed by atoms with E-state index in [9.17, 15) is 14.4 Å². The van der Waals surface area contributed by atoms with Gasteiger partial charge in [0.25, 0.3) is 0 Å². The topological polar surface area (TPSA) is 123 Å². The highest BCUT2D eigenvalue weighted by atomic mass is 16.5. The summed E-state index contributed by atoms with van der Waals surface area (Å²) in [4.78, 5) is 32.1. The molecule has 8 nitrogen and oxygen atoms in total. The molecule has 0 aromatic heterocycles. The first kappa shape index (κ1) is 34.4. The predicted octanol–water partition coefficient (Wildman–Crippen LogP) is -0.233. The number of alkyl carbamates (subject to hydrolysis) is 1. The summed E-state index contributed by atoms with van der Waals surface area (Å²) in [6, 6.07) is 8.70. The van der Waals surface area contributed by atoms with Crippen molar-refractivity contribution in [3.63, 3.8) is 0 Å². The second kappa shape index (κ2) is 23.8. The van der Waals surface area contributed by atoms with Gasteiger partial charge < -0.3 is 26.4 Å². The third kappa shape index (κ3) is 19.2. The van der Waals surface area contributed by atoms with Gasteiger partial charge in [-0.05, 0) is 95.4 Å². The van der Waals surface area contributed by atoms with Crippen molar-refractivity contribution < 1.29 is 19.1 Å². The van der Waals surface area contributed by atoms with E-state index in [2.05, 4.69) is 105 Å². The van der Waals surface area contributed by atoms with Crippen LogP contribution < -0.4 is 21.7 Å². The molecule has 0 aliphatic carbocycles. The van der Waals surface area contributed by atoms with Gasteiger partial charge in [0.15, 0.2) is 0 Å². The van der Waals surface area contributed by atoms with Gasteiger partial charge in [-0.2, -0.15) is 0 Å². The number of carbonyl (C=O) groups is 3. The molecular weight excluding hydrogens is 516 g/mol. The fourth-order valence-corrected chi connectivity index (χ4v) is 2.00. The first-order valence-corrected chi connectivity index (χ1v) is 11.5. The largest absolute Gasteiger partial charge is 0.445 e. The number of hydrogen-bond acceptors (Lipinski definition) is 5. The molecule has 1 aromatic carbocycles. The molecule has 0 bridgehead atoms. The number of β-lactam (4-membered cyclic amide) rings is 2. The normalized spacial score (nSPS) is 13.3. The number of nitrogens with one attached hydrogen (secondary N) is 3. The van der Waals surface area contributed by atoms with E-state index in [1.165, 1.54) is 0 Å². The highest BCUT2D eigenvalue weighted by molar-refractivity contribution is 5.90. The lowest BCUT2D eigenvalue weighted by molar-refractivity contribution is -0.128. The molecule has 0 spiro atoms. The Morgan fingerprint density at radius 1 is 0.829 bits per heavy atom. The number of terminal acetylenes is 3. The van der Waals surface area contributed by atoms with Crippen LogP contribution in [0.25, 0.3) is 0 Å². The molecule has 2 aliphatic heterocycles. The molecule has 2 atom stereocenters. The third-order valence-corrected chi connectivity index (χ3v) is 4.04. The quantitative estimate of drug-likeness (QED) is 0.312. The summed E-state index contributed by atoms with van der Waals surface area (Å²) in [6.07, 6.45) is 13.9. The van der Waals surface area contributed by atoms with Crippen LogP contribution in [0, 0.1) is 108 Å². The Kier molecular flexibility index (Phi) is 20.0. The smallest absolute Gasteiger partial charge is 0.408 e. The van der Waals surface area contributed by atoms with Crippen LogP contribution in [0.3, 0.4) is 0 Å². The van der Waals surface area contributed by atoms with Gasteiger partial charge in [-0.25, -0.2) is 4.79 Å². The summed E-state index contributed by atoms with van der Waals surface area (Å²) in [5.41, 5.74) is 6.02. The molecule has 2 saturated heterocycles. The van der Waals surface area contributed by atoms with Crippen molar-refractivity contribution in [2.45, 2.75) is 25.6 Å². The van der Waals surface area contributed by atoms with Crippen molar-refractivity contribution in [3.05, 3.63) is 35.9 Å². The summed E-state index contributed by atoms with van der Waals surface area (Å²) in [5.74, 6) is 35.2. The Morgan fingerprint density at radius 3 is 1.63 bits per heavy atom. The Morgan fingerprint density at radius 2 is 1.29 bits per heavy atom. The minimum absolute atomic E-state index is 0.0324. The van der Waals surface area contributed by atoms with Crippen LogP contribution in [-0.4, -0.2) is 43.1 Å². The van der Waals surface area contributed by atoms with Gasteiger partial charge in [-0.15, -0.1) is 19.3 Å². The van der Waals surface area contributed by atoms with Crippen molar-refractivity contribution in [1.29, 1.82) is 0 Å². The Hall–Kier alpha value is -6.57. The molecule has 3 rings (SSSR count). The fraction of sp³-hybridized carbons (Fsp3) is 0.182. The van der Waals surface area contributed by atoms with Crippen molar-refractivity contribution in [3.8, 4) is 108 Å². The maximum Gasteiger partial charge on any atom is 0.408 e. The van der Waals surface area contributed by atoms with Crippen LogP contribution in [0.15, 0.2) is 30.3 Å². The molecule has 0 radical (unpaired) electrons. The zero-order valence-electron chi connectivity index (χ0n) is 22.1. The van der Waals surface area contributed by atoms with Gasteiger partial charge in [0.2, 0.25) is 11.8 Å². The summed E-state index contributed by atoms with van der Waals surface area (Å²) in [5, 5.41) is 7.49. The van der Waals surface area contributed by atoms with Crippen LogP contribution in [0.2, 0.25) is 0 Å². The molecule has 2 fully saturated rings. The van der Waals surface area contributed by atoms with Crippen molar-refractivity contribution >= 4 is 17.9 Å². The van der Waals surface area contributed by atoms with Gasteiger partial charge in [-0.3, -0.25) is 9.59 Å². The van der Waals surface area contributed by atoms with Crippen LogP contribution in [0.1, 0.15) is 12.5 Å². The second-order valence-corrected chi connectivity index (χ2v) is 6.91. The standard InChI is InChI=1S/C11H12N2O3.C10H2.C9H4.C3H6N2O/c14-10-9(6-12-10)13-11(15)16-7-8-4-2-1-3-5-8;1-3-5-7-9-10-8-6-4-2;1-3-5-7-9-8-6-4-2;4-2-1-5-3(2)6/h1-5,9H,6-7H2,(H,12,14)(H,13,15);1-2H;1H,2H3;2H,1,4H2,(H,5,6)/t9-;;;2-/m0..0/s1. The van der Waals surface area contributed by atoms with Gasteiger partial charge in [0.1, 0.15) is 18.7 Å². The average Bonchev–Trinajstić information content (AvgIpc) is 3.00. The molecule has 1 aromatic rings.